The van der Waals surface area contributed by atoms with Crippen LogP contribution in [0, 0.1) is 18.6 Å². The van der Waals surface area contributed by atoms with E-state index >= 15 is 0 Å². The van der Waals surface area contributed by atoms with Gasteiger partial charge in [0.1, 0.15) is 11.6 Å². The molecule has 0 aliphatic heterocycles. The highest BCUT2D eigenvalue weighted by Gasteiger charge is 2.32. The second-order valence-corrected chi connectivity index (χ2v) is 5.90. The third kappa shape index (κ3) is 3.03. The van der Waals surface area contributed by atoms with Crippen LogP contribution in [-0.2, 0) is 11.8 Å². The van der Waals surface area contributed by atoms with E-state index in [0.717, 1.165) is 16.8 Å². The van der Waals surface area contributed by atoms with Gasteiger partial charge in [0, 0.05) is 29.8 Å². The van der Waals surface area contributed by atoms with E-state index in [9.17, 15) is 13.9 Å². The van der Waals surface area contributed by atoms with Crippen LogP contribution in [0.25, 0.3) is 0 Å². The van der Waals surface area contributed by atoms with E-state index in [2.05, 4.69) is 4.98 Å². The maximum atomic E-state index is 13.4. The molecule has 0 aliphatic carbocycles. The first kappa shape index (κ1) is 15.0. The number of aliphatic hydroxyl groups is 1. The zero-order chi connectivity index (χ0) is 14.8. The Morgan fingerprint density at radius 2 is 1.95 bits per heavy atom. The molecule has 1 aromatic heterocycles. The fourth-order valence-electron chi connectivity index (χ4n) is 2.20. The summed E-state index contributed by atoms with van der Waals surface area (Å²) in [6.07, 6.45) is 0.341. The van der Waals surface area contributed by atoms with Gasteiger partial charge in [0.05, 0.1) is 17.3 Å². The summed E-state index contributed by atoms with van der Waals surface area (Å²) in [5.74, 6) is -1.36. The number of rotatable bonds is 5. The Bertz CT molecular complexity index is 576. The van der Waals surface area contributed by atoms with Crippen molar-refractivity contribution < 1.29 is 13.9 Å². The lowest BCUT2D eigenvalue weighted by atomic mass is 9.77. The summed E-state index contributed by atoms with van der Waals surface area (Å²) in [5, 5.41) is 12.5. The molecule has 0 amide bonds. The van der Waals surface area contributed by atoms with Gasteiger partial charge in [0.15, 0.2) is 0 Å². The van der Waals surface area contributed by atoms with Crippen LogP contribution in [0.15, 0.2) is 23.6 Å². The fraction of sp³-hybridized carbons (Fsp3) is 0.357. The first-order chi connectivity index (χ1) is 9.49. The standard InChI is InChI=1S/C14H16F2N2OS/c1-9-18-13(6-20-9)5-14(7-17,8-19)10-2-11(15)4-12(16)3-10/h2-4,6,19H,5,7-8,17H2,1H3. The van der Waals surface area contributed by atoms with Crippen molar-refractivity contribution in [3.05, 3.63) is 51.5 Å². The molecule has 0 aliphatic rings. The molecule has 20 heavy (non-hydrogen) atoms. The van der Waals surface area contributed by atoms with Gasteiger partial charge in [0.25, 0.3) is 0 Å². The number of aliphatic hydroxyl groups excluding tert-OH is 1. The molecule has 2 rings (SSSR count). The molecule has 0 spiro atoms. The number of aromatic nitrogens is 1. The van der Waals surface area contributed by atoms with Crippen molar-refractivity contribution in [2.24, 2.45) is 5.73 Å². The minimum atomic E-state index is -0.927. The molecule has 0 fully saturated rings. The van der Waals surface area contributed by atoms with Crippen LogP contribution in [0.2, 0.25) is 0 Å². The van der Waals surface area contributed by atoms with Gasteiger partial charge >= 0.3 is 0 Å². The average Bonchev–Trinajstić information content (AvgIpc) is 2.80. The van der Waals surface area contributed by atoms with Crippen LogP contribution in [0.3, 0.4) is 0 Å². The molecule has 0 radical (unpaired) electrons. The Morgan fingerprint density at radius 1 is 1.30 bits per heavy atom. The molecule has 1 atom stereocenters. The van der Waals surface area contributed by atoms with Crippen molar-refractivity contribution in [3.8, 4) is 0 Å². The van der Waals surface area contributed by atoms with Gasteiger partial charge in [-0.3, -0.25) is 0 Å². The van der Waals surface area contributed by atoms with Crippen LogP contribution in [0.4, 0.5) is 8.78 Å². The average molecular weight is 298 g/mol. The summed E-state index contributed by atoms with van der Waals surface area (Å²) in [5.41, 5.74) is 5.96. The van der Waals surface area contributed by atoms with E-state index in [1.807, 2.05) is 12.3 Å². The number of benzene rings is 1. The molecular formula is C14H16F2N2OS. The Balaban J connectivity index is 2.42. The number of nitrogens with zero attached hydrogens (tertiary/aromatic N) is 1. The lowest BCUT2D eigenvalue weighted by molar-refractivity contribution is 0.194. The Kier molecular flexibility index (Phi) is 4.47. The normalized spacial score (nSPS) is 14.2. The summed E-state index contributed by atoms with van der Waals surface area (Å²) in [7, 11) is 0. The van der Waals surface area contributed by atoms with E-state index in [1.165, 1.54) is 23.5 Å². The second kappa shape index (κ2) is 5.95. The van der Waals surface area contributed by atoms with Crippen LogP contribution in [-0.4, -0.2) is 23.2 Å². The highest BCUT2D eigenvalue weighted by Crippen LogP contribution is 2.29. The predicted octanol–water partition coefficient (Wildman–Crippen LogP) is 2.16. The number of hydrogen-bond donors (Lipinski definition) is 2. The Morgan fingerprint density at radius 3 is 2.40 bits per heavy atom. The molecule has 1 unspecified atom stereocenters. The largest absolute Gasteiger partial charge is 0.395 e. The van der Waals surface area contributed by atoms with Gasteiger partial charge in [-0.1, -0.05) is 0 Å². The maximum absolute atomic E-state index is 13.4. The molecule has 0 bridgehead atoms. The molecule has 0 saturated heterocycles. The SMILES string of the molecule is Cc1nc(CC(CN)(CO)c2cc(F)cc(F)c2)cs1. The number of hydrogen-bond acceptors (Lipinski definition) is 4. The first-order valence-electron chi connectivity index (χ1n) is 6.17. The Hall–Kier alpha value is -1.37. The second-order valence-electron chi connectivity index (χ2n) is 4.84. The van der Waals surface area contributed by atoms with E-state index in [4.69, 9.17) is 5.73 Å². The van der Waals surface area contributed by atoms with E-state index in [1.54, 1.807) is 0 Å². The van der Waals surface area contributed by atoms with Gasteiger partial charge in [-0.15, -0.1) is 11.3 Å². The smallest absolute Gasteiger partial charge is 0.126 e. The summed E-state index contributed by atoms with van der Waals surface area (Å²) < 4.78 is 26.8. The van der Waals surface area contributed by atoms with Crippen molar-refractivity contribution in [2.75, 3.05) is 13.2 Å². The number of aryl methyl sites for hydroxylation is 1. The van der Waals surface area contributed by atoms with Crippen molar-refractivity contribution in [1.82, 2.24) is 4.98 Å². The van der Waals surface area contributed by atoms with E-state index in [-0.39, 0.29) is 13.2 Å². The summed E-state index contributed by atoms with van der Waals surface area (Å²) >= 11 is 1.49. The number of thiazole rings is 1. The molecule has 3 N–H and O–H groups in total. The Labute approximate surface area is 120 Å². The topological polar surface area (TPSA) is 59.1 Å². The molecule has 0 saturated carbocycles. The summed E-state index contributed by atoms with van der Waals surface area (Å²) in [6, 6.07) is 3.23. The van der Waals surface area contributed by atoms with Gasteiger partial charge in [-0.25, -0.2) is 13.8 Å². The number of nitrogens with two attached hydrogens (primary N) is 1. The van der Waals surface area contributed by atoms with E-state index < -0.39 is 17.0 Å². The monoisotopic (exact) mass is 298 g/mol. The lowest BCUT2D eigenvalue weighted by Gasteiger charge is -2.30. The minimum Gasteiger partial charge on any atom is -0.395 e. The summed E-state index contributed by atoms with van der Waals surface area (Å²) in [4.78, 5) is 4.33. The highest BCUT2D eigenvalue weighted by atomic mass is 32.1. The maximum Gasteiger partial charge on any atom is 0.126 e. The number of halogens is 2. The molecule has 6 heteroatoms. The van der Waals surface area contributed by atoms with Crippen LogP contribution >= 0.6 is 11.3 Å². The third-order valence-corrected chi connectivity index (χ3v) is 4.18. The fourth-order valence-corrected chi connectivity index (χ4v) is 2.81. The minimum absolute atomic E-state index is 0.0724. The molecule has 108 valence electrons. The lowest BCUT2D eigenvalue weighted by Crippen LogP contribution is -2.41. The van der Waals surface area contributed by atoms with Crippen molar-refractivity contribution in [2.45, 2.75) is 18.8 Å². The first-order valence-corrected chi connectivity index (χ1v) is 7.05. The van der Waals surface area contributed by atoms with E-state index in [0.29, 0.717) is 12.0 Å². The zero-order valence-electron chi connectivity index (χ0n) is 11.1. The van der Waals surface area contributed by atoms with Crippen LogP contribution < -0.4 is 5.73 Å². The molecule has 1 heterocycles. The van der Waals surface area contributed by atoms with Gasteiger partial charge in [0.2, 0.25) is 0 Å². The summed E-state index contributed by atoms with van der Waals surface area (Å²) in [6.45, 7) is 1.64. The van der Waals surface area contributed by atoms with Gasteiger partial charge in [-0.2, -0.15) is 0 Å². The molecule has 3 nitrogen and oxygen atoms in total. The highest BCUT2D eigenvalue weighted by molar-refractivity contribution is 7.09. The van der Waals surface area contributed by atoms with Gasteiger partial charge < -0.3 is 10.8 Å². The molecule has 1 aromatic carbocycles. The quantitative estimate of drug-likeness (QED) is 0.889. The molecular weight excluding hydrogens is 282 g/mol. The van der Waals surface area contributed by atoms with Crippen molar-refractivity contribution in [3.63, 3.8) is 0 Å². The van der Waals surface area contributed by atoms with Gasteiger partial charge in [-0.05, 0) is 24.6 Å². The van der Waals surface area contributed by atoms with Crippen molar-refractivity contribution in [1.29, 1.82) is 0 Å². The van der Waals surface area contributed by atoms with Crippen molar-refractivity contribution >= 4 is 11.3 Å². The van der Waals surface area contributed by atoms with Crippen LogP contribution in [0.5, 0.6) is 0 Å². The predicted molar refractivity (Wildman–Crippen MR) is 74.7 cm³/mol. The zero-order valence-corrected chi connectivity index (χ0v) is 11.9. The third-order valence-electron chi connectivity index (χ3n) is 3.35. The van der Waals surface area contributed by atoms with Crippen LogP contribution in [0.1, 0.15) is 16.3 Å². The molecule has 2 aromatic rings.